The Bertz CT molecular complexity index is 1020. The molecular weight excluding hydrogens is 817 g/mol. The van der Waals surface area contributed by atoms with Crippen molar-refractivity contribution in [3.8, 4) is 0 Å². The summed E-state index contributed by atoms with van der Waals surface area (Å²) in [6.07, 6.45) is 63.4. The Kier molecular flexibility index (Phi) is 54.2. The first-order chi connectivity index (χ1) is 32.5. The smallest absolute Gasteiger partial charge is 0.306 e. The van der Waals surface area contributed by atoms with Crippen LogP contribution in [0.5, 0.6) is 0 Å². The number of allylic oxidation sites excluding steroid dienone is 2. The van der Waals surface area contributed by atoms with Gasteiger partial charge in [0, 0.05) is 19.3 Å². The predicted molar refractivity (Wildman–Crippen MR) is 284 cm³/mol. The van der Waals surface area contributed by atoms with Gasteiger partial charge in [-0.15, -0.1) is 0 Å². The maximum Gasteiger partial charge on any atom is 0.306 e. The zero-order chi connectivity index (χ0) is 47.9. The maximum absolute atomic E-state index is 12.9. The summed E-state index contributed by atoms with van der Waals surface area (Å²) in [6, 6.07) is 0. The molecule has 6 heteroatoms. The molecule has 0 amide bonds. The molecule has 0 aliphatic rings. The Morgan fingerprint density at radius 2 is 0.500 bits per heavy atom. The number of rotatable bonds is 55. The number of esters is 3. The van der Waals surface area contributed by atoms with Gasteiger partial charge in [-0.3, -0.25) is 14.4 Å². The van der Waals surface area contributed by atoms with Gasteiger partial charge < -0.3 is 14.2 Å². The van der Waals surface area contributed by atoms with Gasteiger partial charge in [-0.1, -0.05) is 283 Å². The molecule has 0 aliphatic carbocycles. The van der Waals surface area contributed by atoms with Crippen LogP contribution in [0, 0.1) is 0 Å². The lowest BCUT2D eigenvalue weighted by molar-refractivity contribution is -0.167. The summed E-state index contributed by atoms with van der Waals surface area (Å²) in [6.45, 7) is 6.70. The number of hydrogen-bond acceptors (Lipinski definition) is 6. The largest absolute Gasteiger partial charge is 0.462 e. The van der Waals surface area contributed by atoms with Crippen molar-refractivity contribution in [3.05, 3.63) is 12.2 Å². The zero-order valence-electron chi connectivity index (χ0n) is 44.7. The predicted octanol–water partition coefficient (Wildman–Crippen LogP) is 19.7. The lowest BCUT2D eigenvalue weighted by Crippen LogP contribution is -2.30. The molecule has 0 rings (SSSR count). The van der Waals surface area contributed by atoms with E-state index in [2.05, 4.69) is 32.9 Å². The van der Waals surface area contributed by atoms with Crippen molar-refractivity contribution in [2.24, 2.45) is 0 Å². The molecule has 0 spiro atoms. The second-order valence-corrected chi connectivity index (χ2v) is 20.3. The van der Waals surface area contributed by atoms with Crippen LogP contribution in [0.1, 0.15) is 335 Å². The van der Waals surface area contributed by atoms with E-state index < -0.39 is 6.10 Å². The van der Waals surface area contributed by atoms with E-state index >= 15 is 0 Å². The highest BCUT2D eigenvalue weighted by molar-refractivity contribution is 5.71. The minimum atomic E-state index is -0.766. The van der Waals surface area contributed by atoms with Crippen LogP contribution in [-0.2, 0) is 28.6 Å². The summed E-state index contributed by atoms with van der Waals surface area (Å²) in [5.41, 5.74) is 0. The van der Waals surface area contributed by atoms with Gasteiger partial charge in [-0.25, -0.2) is 0 Å². The molecule has 0 bridgehead atoms. The summed E-state index contributed by atoms with van der Waals surface area (Å²) in [5.74, 6) is -0.843. The van der Waals surface area contributed by atoms with Crippen molar-refractivity contribution in [2.75, 3.05) is 13.2 Å². The molecule has 0 saturated carbocycles. The molecule has 0 radical (unpaired) electrons. The van der Waals surface area contributed by atoms with E-state index in [1.807, 2.05) is 0 Å². The highest BCUT2D eigenvalue weighted by Crippen LogP contribution is 2.17. The molecule has 0 heterocycles. The van der Waals surface area contributed by atoms with Gasteiger partial charge in [-0.2, -0.15) is 0 Å². The quantitative estimate of drug-likeness (QED) is 0.0262. The van der Waals surface area contributed by atoms with Crippen LogP contribution in [0.2, 0.25) is 0 Å². The van der Waals surface area contributed by atoms with Gasteiger partial charge in [0.2, 0.25) is 0 Å². The third kappa shape index (κ3) is 53.1. The second-order valence-electron chi connectivity index (χ2n) is 20.3. The molecule has 0 aromatic rings. The van der Waals surface area contributed by atoms with Crippen molar-refractivity contribution in [1.82, 2.24) is 0 Å². The van der Waals surface area contributed by atoms with Crippen molar-refractivity contribution < 1.29 is 28.6 Å². The Morgan fingerprint density at radius 1 is 0.288 bits per heavy atom. The number of carbonyl (C=O) groups is 3. The Morgan fingerprint density at radius 3 is 0.758 bits per heavy atom. The first-order valence-corrected chi connectivity index (χ1v) is 29.7. The fourth-order valence-corrected chi connectivity index (χ4v) is 9.03. The highest BCUT2D eigenvalue weighted by atomic mass is 16.6. The van der Waals surface area contributed by atoms with Gasteiger partial charge in [-0.05, 0) is 44.9 Å². The first-order valence-electron chi connectivity index (χ1n) is 29.7. The highest BCUT2D eigenvalue weighted by Gasteiger charge is 2.19. The Labute approximate surface area is 411 Å². The molecule has 0 aromatic carbocycles. The van der Waals surface area contributed by atoms with Crippen molar-refractivity contribution in [1.29, 1.82) is 0 Å². The lowest BCUT2D eigenvalue weighted by atomic mass is 10.0. The average Bonchev–Trinajstić information content (AvgIpc) is 3.31. The maximum atomic E-state index is 12.9. The summed E-state index contributed by atoms with van der Waals surface area (Å²) >= 11 is 0. The number of hydrogen-bond donors (Lipinski definition) is 0. The SMILES string of the molecule is CCCCCCCCC/C=C\CCCCCCCCCC(=O)OCC(COC(=O)CCCCCCCCCCCCCCCC)OC(=O)CCCCCCCCCCCCCCCCCC. The normalized spacial score (nSPS) is 12.0. The van der Waals surface area contributed by atoms with Crippen LogP contribution in [0.25, 0.3) is 0 Å². The van der Waals surface area contributed by atoms with Gasteiger partial charge in [0.05, 0.1) is 0 Å². The van der Waals surface area contributed by atoms with Crippen molar-refractivity contribution in [2.45, 2.75) is 341 Å². The molecule has 0 fully saturated rings. The van der Waals surface area contributed by atoms with E-state index in [9.17, 15) is 14.4 Å². The molecule has 0 saturated heterocycles. The molecule has 1 atom stereocenters. The van der Waals surface area contributed by atoms with Gasteiger partial charge in [0.1, 0.15) is 13.2 Å². The first kappa shape index (κ1) is 64.2. The molecule has 6 nitrogen and oxygen atoms in total. The molecule has 0 N–H and O–H groups in total. The van der Waals surface area contributed by atoms with Crippen molar-refractivity contribution >= 4 is 17.9 Å². The second kappa shape index (κ2) is 55.7. The van der Waals surface area contributed by atoms with E-state index in [0.717, 1.165) is 57.8 Å². The van der Waals surface area contributed by atoms with Crippen LogP contribution in [-0.4, -0.2) is 37.2 Å². The van der Waals surface area contributed by atoms with Crippen LogP contribution < -0.4 is 0 Å². The molecule has 0 aliphatic heterocycles. The third-order valence-corrected chi connectivity index (χ3v) is 13.5. The number of carbonyl (C=O) groups excluding carboxylic acids is 3. The average molecular weight is 932 g/mol. The summed E-state index contributed by atoms with van der Waals surface area (Å²) in [4.78, 5) is 38.2. The minimum Gasteiger partial charge on any atom is -0.462 e. The van der Waals surface area contributed by atoms with E-state index in [4.69, 9.17) is 14.2 Å². The standard InChI is InChI=1S/C60H114O6/c1-4-7-10-13-16-19-22-25-28-30-31-33-35-38-41-44-47-50-53-59(62)65-56-57(55-64-58(61)52-49-46-43-40-37-34-27-24-21-18-15-12-9-6-3)66-60(63)54-51-48-45-42-39-36-32-29-26-23-20-17-14-11-8-5-2/h28,30,57H,4-27,29,31-56H2,1-3H3/b30-28-. The summed E-state index contributed by atoms with van der Waals surface area (Å²) in [7, 11) is 0. The molecule has 1 unspecified atom stereocenters. The van der Waals surface area contributed by atoms with Crippen LogP contribution in [0.4, 0.5) is 0 Å². The van der Waals surface area contributed by atoms with Crippen LogP contribution in [0.15, 0.2) is 12.2 Å². The van der Waals surface area contributed by atoms with E-state index in [1.165, 1.54) is 238 Å². The number of ether oxygens (including phenoxy) is 3. The molecule has 0 aromatic heterocycles. The summed E-state index contributed by atoms with van der Waals surface area (Å²) in [5, 5.41) is 0. The van der Waals surface area contributed by atoms with Gasteiger partial charge in [0.25, 0.3) is 0 Å². The monoisotopic (exact) mass is 931 g/mol. The Hall–Kier alpha value is -1.85. The topological polar surface area (TPSA) is 78.9 Å². The number of unbranched alkanes of at least 4 members (excludes halogenated alkanes) is 42. The van der Waals surface area contributed by atoms with Gasteiger partial charge >= 0.3 is 17.9 Å². The fraction of sp³-hybridized carbons (Fsp3) is 0.917. The van der Waals surface area contributed by atoms with Gasteiger partial charge in [0.15, 0.2) is 6.10 Å². The molecular formula is C60H114O6. The van der Waals surface area contributed by atoms with Crippen molar-refractivity contribution in [3.63, 3.8) is 0 Å². The van der Waals surface area contributed by atoms with E-state index in [0.29, 0.717) is 19.3 Å². The van der Waals surface area contributed by atoms with Crippen LogP contribution >= 0.6 is 0 Å². The lowest BCUT2D eigenvalue weighted by Gasteiger charge is -2.18. The third-order valence-electron chi connectivity index (χ3n) is 13.5. The fourth-order valence-electron chi connectivity index (χ4n) is 9.03. The Balaban J connectivity index is 4.31. The molecule has 390 valence electrons. The summed E-state index contributed by atoms with van der Waals surface area (Å²) < 4.78 is 16.9. The van der Waals surface area contributed by atoms with E-state index in [-0.39, 0.29) is 31.1 Å². The zero-order valence-corrected chi connectivity index (χ0v) is 44.7. The van der Waals surface area contributed by atoms with E-state index in [1.54, 1.807) is 0 Å². The van der Waals surface area contributed by atoms with Crippen LogP contribution in [0.3, 0.4) is 0 Å². The molecule has 66 heavy (non-hydrogen) atoms. The minimum absolute atomic E-state index is 0.0651.